The third-order valence-corrected chi connectivity index (χ3v) is 7.11. The largest absolute Gasteiger partial charge is 0.493 e. The van der Waals surface area contributed by atoms with Crippen LogP contribution in [0.1, 0.15) is 15.9 Å². The summed E-state index contributed by atoms with van der Waals surface area (Å²) in [6.07, 6.45) is 2.30. The number of methoxy groups -OCH3 is 2. The molecule has 2 aromatic heterocycles. The van der Waals surface area contributed by atoms with Crippen molar-refractivity contribution in [2.45, 2.75) is 11.4 Å². The van der Waals surface area contributed by atoms with Crippen LogP contribution in [0.25, 0.3) is 11.4 Å². The molecule has 5 rings (SSSR count). The number of fused-ring (bicyclic) bond motifs is 1. The van der Waals surface area contributed by atoms with Crippen molar-refractivity contribution in [1.82, 2.24) is 19.9 Å². The second-order valence-corrected chi connectivity index (χ2v) is 9.77. The SMILES string of the molecule is COc1ccc(Nc2nc(-c3ccc(C(=O)NCCc4ccn(C)c(=O)c4)cc3)nc3c2NCS3)cc1OC. The maximum absolute atomic E-state index is 12.7. The number of rotatable bonds is 9. The maximum Gasteiger partial charge on any atom is 0.251 e. The number of carbonyl (C=O) groups excluding carboxylic acids is 1. The summed E-state index contributed by atoms with van der Waals surface area (Å²) < 4.78 is 12.3. The molecule has 0 unspecified atom stereocenters. The Balaban J connectivity index is 1.30. The van der Waals surface area contributed by atoms with Gasteiger partial charge in [-0.25, -0.2) is 9.97 Å². The van der Waals surface area contributed by atoms with Crippen molar-refractivity contribution in [1.29, 1.82) is 0 Å². The van der Waals surface area contributed by atoms with Crippen LogP contribution in [0.5, 0.6) is 11.5 Å². The molecule has 1 amide bonds. The number of aromatic nitrogens is 3. The molecule has 0 spiro atoms. The average molecular weight is 545 g/mol. The van der Waals surface area contributed by atoms with Gasteiger partial charge in [0.2, 0.25) is 0 Å². The highest BCUT2D eigenvalue weighted by Gasteiger charge is 2.21. The highest BCUT2D eigenvalue weighted by atomic mass is 32.2. The number of nitrogens with zero attached hydrogens (tertiary/aromatic N) is 3. The minimum atomic E-state index is -0.184. The van der Waals surface area contributed by atoms with Crippen molar-refractivity contribution in [3.8, 4) is 22.9 Å². The van der Waals surface area contributed by atoms with E-state index in [1.165, 1.54) is 4.57 Å². The molecule has 2 aromatic carbocycles. The number of hydrogen-bond donors (Lipinski definition) is 3. The Hall–Kier alpha value is -4.51. The van der Waals surface area contributed by atoms with Crippen LogP contribution >= 0.6 is 11.8 Å². The van der Waals surface area contributed by atoms with E-state index in [1.54, 1.807) is 57.4 Å². The quantitative estimate of drug-likeness (QED) is 0.268. The topological polar surface area (TPSA) is 119 Å². The Kier molecular flexibility index (Phi) is 7.69. The Morgan fingerprint density at radius 2 is 1.85 bits per heavy atom. The van der Waals surface area contributed by atoms with E-state index < -0.39 is 0 Å². The lowest BCUT2D eigenvalue weighted by Gasteiger charge is -2.14. The van der Waals surface area contributed by atoms with Crippen LogP contribution in [0.2, 0.25) is 0 Å². The molecular formula is C28H28N6O4S. The molecule has 1 aliphatic heterocycles. The van der Waals surface area contributed by atoms with Gasteiger partial charge in [-0.2, -0.15) is 0 Å². The molecule has 0 fully saturated rings. The smallest absolute Gasteiger partial charge is 0.251 e. The first-order valence-corrected chi connectivity index (χ1v) is 13.3. The van der Waals surface area contributed by atoms with Crippen LogP contribution in [0, 0.1) is 0 Å². The van der Waals surface area contributed by atoms with E-state index in [-0.39, 0.29) is 11.5 Å². The molecule has 10 nitrogen and oxygen atoms in total. The third kappa shape index (κ3) is 5.83. The summed E-state index contributed by atoms with van der Waals surface area (Å²) in [4.78, 5) is 34.0. The van der Waals surface area contributed by atoms with Gasteiger partial charge >= 0.3 is 0 Å². The van der Waals surface area contributed by atoms with E-state index in [2.05, 4.69) is 16.0 Å². The summed E-state index contributed by atoms with van der Waals surface area (Å²) in [7, 11) is 4.90. The predicted molar refractivity (Wildman–Crippen MR) is 152 cm³/mol. The van der Waals surface area contributed by atoms with Crippen molar-refractivity contribution in [2.24, 2.45) is 7.05 Å². The van der Waals surface area contributed by atoms with E-state index in [0.29, 0.717) is 47.5 Å². The van der Waals surface area contributed by atoms with E-state index >= 15 is 0 Å². The fourth-order valence-corrected chi connectivity index (χ4v) is 4.91. The van der Waals surface area contributed by atoms with Gasteiger partial charge < -0.3 is 30.0 Å². The Labute approximate surface area is 229 Å². The third-order valence-electron chi connectivity index (χ3n) is 6.25. The van der Waals surface area contributed by atoms with Gasteiger partial charge in [0.15, 0.2) is 23.1 Å². The number of aryl methyl sites for hydroxylation is 1. The minimum absolute atomic E-state index is 0.0700. The van der Waals surface area contributed by atoms with Gasteiger partial charge in [-0.1, -0.05) is 23.9 Å². The van der Waals surface area contributed by atoms with Crippen molar-refractivity contribution in [3.63, 3.8) is 0 Å². The monoisotopic (exact) mass is 544 g/mol. The number of carbonyl (C=O) groups is 1. The van der Waals surface area contributed by atoms with Gasteiger partial charge in [-0.05, 0) is 42.3 Å². The summed E-state index contributed by atoms with van der Waals surface area (Å²) in [6, 6.07) is 16.2. The van der Waals surface area contributed by atoms with Gasteiger partial charge in [-0.3, -0.25) is 9.59 Å². The molecule has 200 valence electrons. The Morgan fingerprint density at radius 3 is 2.59 bits per heavy atom. The summed E-state index contributed by atoms with van der Waals surface area (Å²) in [5.74, 6) is 2.95. The number of benzene rings is 2. The first-order chi connectivity index (χ1) is 18.9. The van der Waals surface area contributed by atoms with E-state index in [9.17, 15) is 9.59 Å². The molecule has 3 heterocycles. The lowest BCUT2D eigenvalue weighted by molar-refractivity contribution is 0.0954. The molecule has 1 aliphatic rings. The number of nitrogens with one attached hydrogen (secondary N) is 3. The van der Waals surface area contributed by atoms with Crippen LogP contribution in [-0.2, 0) is 13.5 Å². The van der Waals surface area contributed by atoms with Crippen LogP contribution in [0.4, 0.5) is 17.2 Å². The van der Waals surface area contributed by atoms with Crippen molar-refractivity contribution >= 4 is 34.9 Å². The molecule has 3 N–H and O–H groups in total. The lowest BCUT2D eigenvalue weighted by Crippen LogP contribution is -2.26. The molecule has 0 saturated carbocycles. The molecule has 4 aromatic rings. The summed E-state index contributed by atoms with van der Waals surface area (Å²) in [6.45, 7) is 0.428. The number of hydrogen-bond acceptors (Lipinski definition) is 9. The lowest BCUT2D eigenvalue weighted by atomic mass is 10.1. The van der Waals surface area contributed by atoms with Crippen molar-refractivity contribution in [2.75, 3.05) is 37.3 Å². The molecule has 0 bridgehead atoms. The molecule has 39 heavy (non-hydrogen) atoms. The Bertz CT molecular complexity index is 1570. The molecule has 11 heteroatoms. The van der Waals surface area contributed by atoms with E-state index in [1.807, 2.05) is 36.4 Å². The standard InChI is InChI=1S/C28H28N6O4S/c1-34-13-11-17(14-23(34)35)10-12-29-27(36)19-6-4-18(5-7-19)25-32-26(24-28(33-25)39-16-30-24)31-20-8-9-21(37-2)22(15-20)38-3/h4-9,11,13-15,30H,10,12,16H2,1-3H3,(H,29,36)(H,31,32,33). The second kappa shape index (κ2) is 11.5. The fourth-order valence-electron chi connectivity index (χ4n) is 4.09. The highest BCUT2D eigenvalue weighted by Crippen LogP contribution is 2.40. The first-order valence-electron chi connectivity index (χ1n) is 12.3. The molecule has 0 atom stereocenters. The molecular weight excluding hydrogens is 516 g/mol. The zero-order valence-corrected chi connectivity index (χ0v) is 22.6. The second-order valence-electron chi connectivity index (χ2n) is 8.80. The fraction of sp³-hybridized carbons (Fsp3) is 0.214. The van der Waals surface area contributed by atoms with Gasteiger partial charge in [0, 0.05) is 48.7 Å². The van der Waals surface area contributed by atoms with Crippen molar-refractivity contribution < 1.29 is 14.3 Å². The number of amides is 1. The zero-order valence-electron chi connectivity index (χ0n) is 21.8. The van der Waals surface area contributed by atoms with E-state index in [4.69, 9.17) is 19.4 Å². The van der Waals surface area contributed by atoms with Gasteiger partial charge in [0.1, 0.15) is 10.7 Å². The molecule has 0 saturated heterocycles. The maximum atomic E-state index is 12.7. The minimum Gasteiger partial charge on any atom is -0.493 e. The Morgan fingerprint density at radius 1 is 1.05 bits per heavy atom. The van der Waals surface area contributed by atoms with Gasteiger partial charge in [0.05, 0.1) is 20.1 Å². The van der Waals surface area contributed by atoms with Crippen LogP contribution < -0.4 is 31.0 Å². The first kappa shape index (κ1) is 26.1. The zero-order chi connectivity index (χ0) is 27.4. The number of anilines is 3. The van der Waals surface area contributed by atoms with Crippen LogP contribution in [0.15, 0.2) is 70.6 Å². The highest BCUT2D eigenvalue weighted by molar-refractivity contribution is 7.99. The molecule has 0 radical (unpaired) electrons. The number of thioether (sulfide) groups is 1. The van der Waals surface area contributed by atoms with E-state index in [0.717, 1.165) is 27.5 Å². The van der Waals surface area contributed by atoms with Crippen molar-refractivity contribution in [3.05, 3.63) is 82.3 Å². The summed E-state index contributed by atoms with van der Waals surface area (Å²) >= 11 is 1.60. The number of ether oxygens (including phenoxy) is 2. The van der Waals surface area contributed by atoms with Crippen LogP contribution in [0.3, 0.4) is 0 Å². The number of pyridine rings is 1. The summed E-state index contributed by atoms with van der Waals surface area (Å²) in [5.41, 5.74) is 3.76. The van der Waals surface area contributed by atoms with Gasteiger partial charge in [-0.15, -0.1) is 0 Å². The predicted octanol–water partition coefficient (Wildman–Crippen LogP) is 4.05. The molecule has 0 aliphatic carbocycles. The average Bonchev–Trinajstić information content (AvgIpc) is 3.44. The van der Waals surface area contributed by atoms with Crippen LogP contribution in [-0.4, -0.2) is 47.1 Å². The summed E-state index contributed by atoms with van der Waals surface area (Å²) in [5, 5.41) is 10.5. The normalized spacial score (nSPS) is 11.9. The van der Waals surface area contributed by atoms with Gasteiger partial charge in [0.25, 0.3) is 11.5 Å².